The van der Waals surface area contributed by atoms with Gasteiger partial charge in [-0.05, 0) is 73.4 Å². The van der Waals surface area contributed by atoms with Crippen LogP contribution < -0.4 is 20.9 Å². The lowest BCUT2D eigenvalue weighted by Crippen LogP contribution is -2.09. The van der Waals surface area contributed by atoms with Gasteiger partial charge in [0.2, 0.25) is 5.88 Å². The number of methoxy groups -OCH3 is 1. The van der Waals surface area contributed by atoms with Gasteiger partial charge in [0, 0.05) is 23.4 Å². The molecule has 190 valence electrons. The Morgan fingerprint density at radius 2 is 1.92 bits per heavy atom. The molecular formula is C26H29F2N5O2S. The van der Waals surface area contributed by atoms with Gasteiger partial charge in [-0.1, -0.05) is 19.6 Å². The maximum Gasteiger partial charge on any atom is 0.238 e. The number of halogens is 2. The number of anilines is 1. The summed E-state index contributed by atoms with van der Waals surface area (Å²) in [4.78, 5) is 8.16. The van der Waals surface area contributed by atoms with Crippen LogP contribution in [0, 0.1) is 11.6 Å². The van der Waals surface area contributed by atoms with E-state index in [1.807, 2.05) is 19.1 Å². The van der Waals surface area contributed by atoms with Gasteiger partial charge in [-0.15, -0.1) is 0 Å². The van der Waals surface area contributed by atoms with Crippen LogP contribution in [0.1, 0.15) is 18.9 Å². The van der Waals surface area contributed by atoms with E-state index in [0.717, 1.165) is 34.4 Å². The van der Waals surface area contributed by atoms with Crippen molar-refractivity contribution in [3.05, 3.63) is 84.2 Å². The fourth-order valence-corrected chi connectivity index (χ4v) is 4.21. The highest BCUT2D eigenvalue weighted by Crippen LogP contribution is 2.36. The number of aromatic nitrogens is 1. The molecule has 2 aromatic carbocycles. The minimum atomic E-state index is -2.03. The average Bonchev–Trinajstić information content (AvgIpc) is 2.90. The monoisotopic (exact) mass is 513 g/mol. The molecule has 0 saturated heterocycles. The molecule has 0 spiro atoms. The third kappa shape index (κ3) is 6.41. The molecule has 36 heavy (non-hydrogen) atoms. The SMILES string of the molecule is C=Nc1ccc(-c2cnc(OC)c(NS(=O)c3ccc(F)cc3F)c2)cc1C(=C)/C(=C/N)CC.CN. The molecule has 7 nitrogen and oxygen atoms in total. The molecule has 1 heterocycles. The van der Waals surface area contributed by atoms with Crippen molar-refractivity contribution >= 4 is 34.7 Å². The number of hydrogen-bond donors (Lipinski definition) is 3. The summed E-state index contributed by atoms with van der Waals surface area (Å²) in [7, 11) is 0.883. The first kappa shape index (κ1) is 28.3. The largest absolute Gasteiger partial charge is 0.480 e. The van der Waals surface area contributed by atoms with Gasteiger partial charge in [0.1, 0.15) is 17.3 Å². The maximum absolute atomic E-state index is 14.1. The minimum Gasteiger partial charge on any atom is -0.480 e. The van der Waals surface area contributed by atoms with Crippen LogP contribution in [0.25, 0.3) is 16.7 Å². The molecular weight excluding hydrogens is 484 g/mol. The molecule has 5 N–H and O–H groups in total. The lowest BCUT2D eigenvalue weighted by atomic mass is 9.94. The molecule has 0 radical (unpaired) electrons. The second-order valence-corrected chi connectivity index (χ2v) is 8.32. The van der Waals surface area contributed by atoms with Gasteiger partial charge in [0.15, 0.2) is 11.0 Å². The lowest BCUT2D eigenvalue weighted by molar-refractivity contribution is 0.400. The molecule has 10 heteroatoms. The Hall–Kier alpha value is -3.89. The molecule has 0 aliphatic carbocycles. The normalized spacial score (nSPS) is 11.7. The van der Waals surface area contributed by atoms with Gasteiger partial charge < -0.3 is 16.2 Å². The van der Waals surface area contributed by atoms with E-state index in [9.17, 15) is 13.0 Å². The van der Waals surface area contributed by atoms with E-state index in [1.165, 1.54) is 20.4 Å². The second kappa shape index (κ2) is 13.3. The van der Waals surface area contributed by atoms with Crippen molar-refractivity contribution in [2.24, 2.45) is 16.5 Å². The van der Waals surface area contributed by atoms with Crippen LogP contribution in [-0.2, 0) is 11.0 Å². The highest BCUT2D eigenvalue weighted by atomic mass is 32.2. The van der Waals surface area contributed by atoms with Crippen molar-refractivity contribution in [3.8, 4) is 17.0 Å². The molecule has 3 rings (SSSR count). The number of aliphatic imine (C=N–C) groups is 1. The molecule has 1 aromatic heterocycles. The molecule has 0 aliphatic heterocycles. The van der Waals surface area contributed by atoms with E-state index in [-0.39, 0.29) is 16.5 Å². The molecule has 0 aliphatic rings. The van der Waals surface area contributed by atoms with Crippen molar-refractivity contribution in [2.45, 2.75) is 18.2 Å². The first-order valence-corrected chi connectivity index (χ1v) is 11.9. The van der Waals surface area contributed by atoms with Crippen molar-refractivity contribution in [2.75, 3.05) is 18.9 Å². The first-order chi connectivity index (χ1) is 17.3. The maximum atomic E-state index is 14.1. The molecule has 0 amide bonds. The summed E-state index contributed by atoms with van der Waals surface area (Å²) >= 11 is 0. The van der Waals surface area contributed by atoms with Crippen molar-refractivity contribution < 1.29 is 17.7 Å². The van der Waals surface area contributed by atoms with Gasteiger partial charge in [-0.2, -0.15) is 0 Å². The molecule has 0 saturated carbocycles. The van der Waals surface area contributed by atoms with Crippen LogP contribution in [0.3, 0.4) is 0 Å². The zero-order valence-corrected chi connectivity index (χ0v) is 21.2. The van der Waals surface area contributed by atoms with Gasteiger partial charge in [0.05, 0.1) is 17.7 Å². The Balaban J connectivity index is 0.00000222. The Morgan fingerprint density at radius 3 is 2.50 bits per heavy atom. The number of benzene rings is 2. The van der Waals surface area contributed by atoms with Gasteiger partial charge in [-0.25, -0.2) is 18.0 Å². The number of ether oxygens (including phenoxy) is 1. The topological polar surface area (TPSA) is 116 Å². The Morgan fingerprint density at radius 1 is 1.19 bits per heavy atom. The average molecular weight is 514 g/mol. The van der Waals surface area contributed by atoms with Crippen LogP contribution in [0.2, 0.25) is 0 Å². The van der Waals surface area contributed by atoms with Crippen molar-refractivity contribution in [1.29, 1.82) is 0 Å². The standard InChI is InChI=1S/C25H24F2N4O2S.CH5N/c1-5-16(13-28)15(2)20-10-17(6-8-22(20)29-3)18-11-23(25(33-4)30-14-18)31-34(32)24-9-7-19(26)12-21(24)27;1-2/h6-14,31H,2-3,5,28H2,1,4H3;2H2,1H3/b16-13+;. The summed E-state index contributed by atoms with van der Waals surface area (Å²) in [6.45, 7) is 9.76. The Kier molecular flexibility index (Phi) is 10.4. The number of hydrogen-bond acceptors (Lipinski definition) is 6. The van der Waals surface area contributed by atoms with E-state index in [1.54, 1.807) is 18.3 Å². The summed E-state index contributed by atoms with van der Waals surface area (Å²) in [5, 5.41) is 0. The Labute approximate surface area is 212 Å². The number of allylic oxidation sites excluding steroid dienone is 2. The summed E-state index contributed by atoms with van der Waals surface area (Å²) in [5.41, 5.74) is 15.0. The number of nitrogens with two attached hydrogens (primary N) is 2. The summed E-state index contributed by atoms with van der Waals surface area (Å²) in [6.07, 6.45) is 3.80. The van der Waals surface area contributed by atoms with E-state index in [2.05, 4.69) is 33.7 Å². The molecule has 1 unspecified atom stereocenters. The van der Waals surface area contributed by atoms with Crippen LogP contribution >= 0.6 is 0 Å². The lowest BCUT2D eigenvalue weighted by Gasteiger charge is -2.15. The molecule has 1 atom stereocenters. The second-order valence-electron chi connectivity index (χ2n) is 7.14. The zero-order chi connectivity index (χ0) is 26.8. The zero-order valence-electron chi connectivity index (χ0n) is 20.3. The quantitative estimate of drug-likeness (QED) is 0.264. The molecule has 3 aromatic rings. The number of pyridine rings is 1. The van der Waals surface area contributed by atoms with E-state index >= 15 is 0 Å². The van der Waals surface area contributed by atoms with E-state index in [4.69, 9.17) is 10.5 Å². The Bertz CT molecular complexity index is 1310. The van der Waals surface area contributed by atoms with Gasteiger partial charge in [0.25, 0.3) is 0 Å². The predicted molar refractivity (Wildman–Crippen MR) is 144 cm³/mol. The van der Waals surface area contributed by atoms with Crippen LogP contribution in [0.4, 0.5) is 20.2 Å². The van der Waals surface area contributed by atoms with E-state index in [0.29, 0.717) is 23.7 Å². The van der Waals surface area contributed by atoms with Crippen LogP contribution in [0.15, 0.2) is 76.9 Å². The number of rotatable bonds is 9. The number of nitrogens with one attached hydrogen (secondary N) is 1. The fourth-order valence-electron chi connectivity index (χ4n) is 3.33. The molecule has 0 fully saturated rings. The van der Waals surface area contributed by atoms with Gasteiger partial charge in [-0.3, -0.25) is 9.71 Å². The van der Waals surface area contributed by atoms with Gasteiger partial charge >= 0.3 is 0 Å². The fraction of sp³-hybridized carbons (Fsp3) is 0.154. The summed E-state index contributed by atoms with van der Waals surface area (Å²) in [5.74, 6) is -1.53. The summed E-state index contributed by atoms with van der Waals surface area (Å²) in [6, 6.07) is 10.0. The van der Waals surface area contributed by atoms with Crippen molar-refractivity contribution in [3.63, 3.8) is 0 Å². The minimum absolute atomic E-state index is 0.160. The first-order valence-electron chi connectivity index (χ1n) is 10.8. The smallest absolute Gasteiger partial charge is 0.238 e. The molecule has 0 bridgehead atoms. The highest BCUT2D eigenvalue weighted by Gasteiger charge is 2.16. The predicted octanol–water partition coefficient (Wildman–Crippen LogP) is 5.34. The third-order valence-electron chi connectivity index (χ3n) is 5.14. The van der Waals surface area contributed by atoms with Crippen LogP contribution in [0.5, 0.6) is 5.88 Å². The number of nitrogens with zero attached hydrogens (tertiary/aromatic N) is 2. The summed E-state index contributed by atoms with van der Waals surface area (Å²) < 4.78 is 48.0. The van der Waals surface area contributed by atoms with Crippen LogP contribution in [-0.4, -0.2) is 30.1 Å². The van der Waals surface area contributed by atoms with Crippen molar-refractivity contribution in [1.82, 2.24) is 4.98 Å². The van der Waals surface area contributed by atoms with E-state index < -0.39 is 22.6 Å². The third-order valence-corrected chi connectivity index (χ3v) is 6.27. The highest BCUT2D eigenvalue weighted by molar-refractivity contribution is 7.86.